The van der Waals surface area contributed by atoms with E-state index in [1.165, 1.54) is 0 Å². The summed E-state index contributed by atoms with van der Waals surface area (Å²) in [6.45, 7) is 0.349. The molecule has 1 unspecified atom stereocenters. The van der Waals surface area contributed by atoms with Gasteiger partial charge in [0.25, 0.3) is 0 Å². The van der Waals surface area contributed by atoms with Gasteiger partial charge < -0.3 is 4.79 Å². The summed E-state index contributed by atoms with van der Waals surface area (Å²) in [5, 5.41) is 1.90. The molecular formula is C22H19NO2. The highest BCUT2D eigenvalue weighted by atomic mass is 16.7. The van der Waals surface area contributed by atoms with Gasteiger partial charge in [-0.05, 0) is 23.3 Å². The molecule has 3 aromatic rings. The number of carbonyl (C=O) groups is 1. The van der Waals surface area contributed by atoms with Crippen LogP contribution in [0, 0.1) is 5.92 Å². The Morgan fingerprint density at radius 1 is 0.800 bits per heavy atom. The molecule has 124 valence electrons. The van der Waals surface area contributed by atoms with Crippen molar-refractivity contribution in [2.75, 3.05) is 11.7 Å². The minimum Gasteiger partial charge on any atom is -0.303 e. The van der Waals surface area contributed by atoms with Crippen LogP contribution in [0.1, 0.15) is 11.1 Å². The van der Waals surface area contributed by atoms with Crippen LogP contribution in [-0.2, 0) is 15.2 Å². The molecule has 1 fully saturated rings. The molecule has 1 saturated heterocycles. The number of hydroxylamine groups is 1. The number of nitrogens with zero attached hydrogens (tertiary/aromatic N) is 1. The quantitative estimate of drug-likeness (QED) is 0.672. The number of anilines is 1. The SMILES string of the molecule is O=CC1CON(c2ccccc2)C1(c1ccccc1)c1ccccc1. The molecule has 1 heterocycles. The van der Waals surface area contributed by atoms with Gasteiger partial charge in [0, 0.05) is 0 Å². The lowest BCUT2D eigenvalue weighted by atomic mass is 9.74. The molecular weight excluding hydrogens is 310 g/mol. The first-order chi connectivity index (χ1) is 12.4. The van der Waals surface area contributed by atoms with Crippen LogP contribution in [0.25, 0.3) is 0 Å². The van der Waals surface area contributed by atoms with E-state index >= 15 is 0 Å². The first-order valence-electron chi connectivity index (χ1n) is 8.42. The van der Waals surface area contributed by atoms with Crippen LogP contribution in [0.4, 0.5) is 5.69 Å². The average molecular weight is 329 g/mol. The normalized spacial score (nSPS) is 18.9. The van der Waals surface area contributed by atoms with E-state index in [9.17, 15) is 4.79 Å². The van der Waals surface area contributed by atoms with E-state index in [-0.39, 0.29) is 5.92 Å². The maximum atomic E-state index is 12.0. The van der Waals surface area contributed by atoms with Gasteiger partial charge in [-0.3, -0.25) is 4.84 Å². The van der Waals surface area contributed by atoms with Gasteiger partial charge in [0.15, 0.2) is 0 Å². The third-order valence-corrected chi connectivity index (χ3v) is 4.82. The van der Waals surface area contributed by atoms with Crippen molar-refractivity contribution < 1.29 is 9.63 Å². The smallest absolute Gasteiger partial charge is 0.129 e. The molecule has 1 aliphatic rings. The first kappa shape index (κ1) is 15.6. The highest BCUT2D eigenvalue weighted by molar-refractivity contribution is 5.67. The maximum Gasteiger partial charge on any atom is 0.129 e. The molecule has 0 aromatic heterocycles. The van der Waals surface area contributed by atoms with Crippen molar-refractivity contribution >= 4 is 12.0 Å². The fourth-order valence-corrected chi connectivity index (χ4v) is 3.72. The van der Waals surface area contributed by atoms with Gasteiger partial charge in [0.2, 0.25) is 0 Å². The third-order valence-electron chi connectivity index (χ3n) is 4.82. The van der Waals surface area contributed by atoms with Gasteiger partial charge in [-0.2, -0.15) is 0 Å². The lowest BCUT2D eigenvalue weighted by Gasteiger charge is -2.40. The molecule has 1 atom stereocenters. The zero-order chi connectivity index (χ0) is 17.1. The second-order valence-corrected chi connectivity index (χ2v) is 6.17. The Labute approximate surface area is 147 Å². The molecule has 25 heavy (non-hydrogen) atoms. The van der Waals surface area contributed by atoms with E-state index in [0.717, 1.165) is 23.1 Å². The van der Waals surface area contributed by atoms with Crippen molar-refractivity contribution in [3.8, 4) is 0 Å². The van der Waals surface area contributed by atoms with Gasteiger partial charge in [-0.15, -0.1) is 0 Å². The second kappa shape index (κ2) is 6.54. The Hall–Kier alpha value is -2.91. The second-order valence-electron chi connectivity index (χ2n) is 6.17. The number of hydrogen-bond donors (Lipinski definition) is 0. The molecule has 0 bridgehead atoms. The molecule has 1 aliphatic heterocycles. The van der Waals surface area contributed by atoms with Crippen LogP contribution < -0.4 is 5.06 Å². The van der Waals surface area contributed by atoms with E-state index in [1.54, 1.807) is 0 Å². The van der Waals surface area contributed by atoms with E-state index in [0.29, 0.717) is 6.61 Å². The Balaban J connectivity index is 2.00. The summed E-state index contributed by atoms with van der Waals surface area (Å²) >= 11 is 0. The molecule has 0 spiro atoms. The van der Waals surface area contributed by atoms with Gasteiger partial charge >= 0.3 is 0 Å². The Bertz CT molecular complexity index is 794. The summed E-state index contributed by atoms with van der Waals surface area (Å²) in [6.07, 6.45) is 1.02. The molecule has 0 saturated carbocycles. The van der Waals surface area contributed by atoms with E-state index in [4.69, 9.17) is 4.84 Å². The van der Waals surface area contributed by atoms with Crippen LogP contribution in [0.2, 0.25) is 0 Å². The van der Waals surface area contributed by atoms with Crippen LogP contribution in [0.5, 0.6) is 0 Å². The predicted octanol–water partition coefficient (Wildman–Crippen LogP) is 4.20. The summed E-state index contributed by atoms with van der Waals surface area (Å²) in [6, 6.07) is 30.2. The van der Waals surface area contributed by atoms with Crippen molar-refractivity contribution in [2.45, 2.75) is 5.54 Å². The van der Waals surface area contributed by atoms with E-state index in [2.05, 4.69) is 24.3 Å². The summed E-state index contributed by atoms with van der Waals surface area (Å²) in [5.74, 6) is -0.308. The van der Waals surface area contributed by atoms with Crippen molar-refractivity contribution in [3.63, 3.8) is 0 Å². The standard InChI is InChI=1S/C22H19NO2/c24-16-20-17-25-23(21-14-8-3-9-15-21)22(20,18-10-4-1-5-11-18)19-12-6-2-7-13-19/h1-16,20H,17H2. The fraction of sp³-hybridized carbons (Fsp3) is 0.136. The molecule has 3 aromatic carbocycles. The zero-order valence-corrected chi connectivity index (χ0v) is 13.8. The van der Waals surface area contributed by atoms with Crippen LogP contribution >= 0.6 is 0 Å². The summed E-state index contributed by atoms with van der Waals surface area (Å²) in [5.41, 5.74) is 2.32. The minimum absolute atomic E-state index is 0.308. The van der Waals surface area contributed by atoms with Crippen LogP contribution in [0.15, 0.2) is 91.0 Å². The van der Waals surface area contributed by atoms with E-state index in [1.807, 2.05) is 71.8 Å². The number of rotatable bonds is 4. The van der Waals surface area contributed by atoms with E-state index < -0.39 is 5.54 Å². The lowest BCUT2D eigenvalue weighted by molar-refractivity contribution is -0.112. The number of para-hydroxylation sites is 1. The number of aldehydes is 1. The van der Waals surface area contributed by atoms with Crippen molar-refractivity contribution in [2.24, 2.45) is 5.92 Å². The van der Waals surface area contributed by atoms with Crippen LogP contribution in [-0.4, -0.2) is 12.9 Å². The Morgan fingerprint density at radius 2 is 1.28 bits per heavy atom. The predicted molar refractivity (Wildman–Crippen MR) is 98.1 cm³/mol. The molecule has 0 aliphatic carbocycles. The molecule has 4 rings (SSSR count). The summed E-state index contributed by atoms with van der Waals surface area (Å²) in [4.78, 5) is 18.1. The largest absolute Gasteiger partial charge is 0.303 e. The summed E-state index contributed by atoms with van der Waals surface area (Å²) in [7, 11) is 0. The van der Waals surface area contributed by atoms with Crippen LogP contribution in [0.3, 0.4) is 0 Å². The average Bonchev–Trinajstić information content (AvgIpc) is 3.10. The van der Waals surface area contributed by atoms with Crippen molar-refractivity contribution in [1.29, 1.82) is 0 Å². The zero-order valence-electron chi connectivity index (χ0n) is 13.8. The Kier molecular flexibility index (Phi) is 4.08. The first-order valence-corrected chi connectivity index (χ1v) is 8.42. The molecule has 0 amide bonds. The molecule has 3 heteroatoms. The fourth-order valence-electron chi connectivity index (χ4n) is 3.72. The van der Waals surface area contributed by atoms with Crippen molar-refractivity contribution in [3.05, 3.63) is 102 Å². The Morgan fingerprint density at radius 3 is 1.76 bits per heavy atom. The topological polar surface area (TPSA) is 29.5 Å². The monoisotopic (exact) mass is 329 g/mol. The van der Waals surface area contributed by atoms with Gasteiger partial charge in [0.05, 0.1) is 18.2 Å². The highest BCUT2D eigenvalue weighted by Gasteiger charge is 2.53. The third kappa shape index (κ3) is 2.44. The molecule has 0 N–H and O–H groups in total. The van der Waals surface area contributed by atoms with Gasteiger partial charge in [0.1, 0.15) is 11.8 Å². The molecule has 3 nitrogen and oxygen atoms in total. The highest BCUT2D eigenvalue weighted by Crippen LogP contribution is 2.48. The number of hydrogen-bond acceptors (Lipinski definition) is 3. The summed E-state index contributed by atoms with van der Waals surface area (Å²) < 4.78 is 0. The number of carbonyl (C=O) groups excluding carboxylic acids is 1. The minimum atomic E-state index is -0.689. The molecule has 0 radical (unpaired) electrons. The lowest BCUT2D eigenvalue weighted by Crippen LogP contribution is -2.46. The van der Waals surface area contributed by atoms with Crippen molar-refractivity contribution in [1.82, 2.24) is 0 Å². The maximum absolute atomic E-state index is 12.0. The number of benzene rings is 3. The van der Waals surface area contributed by atoms with Gasteiger partial charge in [-0.1, -0.05) is 78.9 Å². The van der Waals surface area contributed by atoms with Gasteiger partial charge in [-0.25, -0.2) is 5.06 Å².